The molecule has 1 heterocycles. The highest BCUT2D eigenvalue weighted by Crippen LogP contribution is 2.17. The summed E-state index contributed by atoms with van der Waals surface area (Å²) in [5, 5.41) is 14.2. The molecule has 0 unspecified atom stereocenters. The topological polar surface area (TPSA) is 102 Å². The van der Waals surface area contributed by atoms with Crippen molar-refractivity contribution >= 4 is 28.8 Å². The lowest BCUT2D eigenvalue weighted by Gasteiger charge is -2.13. The molecule has 2 amide bonds. The van der Waals surface area contributed by atoms with Crippen LogP contribution in [0.25, 0.3) is 0 Å². The molecule has 162 valence electrons. The molecular formula is C22H24N4O4S. The molecule has 2 aromatic carbocycles. The largest absolute Gasteiger partial charge is 0.497 e. The molecule has 0 aliphatic carbocycles. The maximum Gasteiger partial charge on any atom is 0.286 e. The van der Waals surface area contributed by atoms with E-state index in [4.69, 9.17) is 9.47 Å². The number of aromatic nitrogens is 2. The standard InChI is InChI=1S/C22H24N4O4S/c1-15(16-6-4-3-5-7-16)12-23-19(27)13-30-14-20-25-26-22(31-20)21(28)24-17-8-10-18(29-2)11-9-17/h3-11,15H,12-14H2,1-2H3,(H,23,27)(H,24,28)/t15-/m1/s1. The highest BCUT2D eigenvalue weighted by atomic mass is 32.1. The van der Waals surface area contributed by atoms with Crippen molar-refractivity contribution in [2.45, 2.75) is 19.4 Å². The van der Waals surface area contributed by atoms with Gasteiger partial charge < -0.3 is 20.1 Å². The van der Waals surface area contributed by atoms with Crippen LogP contribution in [-0.2, 0) is 16.1 Å². The van der Waals surface area contributed by atoms with Crippen LogP contribution >= 0.6 is 11.3 Å². The summed E-state index contributed by atoms with van der Waals surface area (Å²) in [5.74, 6) is 0.346. The Balaban J connectivity index is 1.39. The van der Waals surface area contributed by atoms with E-state index in [2.05, 4.69) is 27.8 Å². The van der Waals surface area contributed by atoms with Crippen LogP contribution in [0.2, 0.25) is 0 Å². The van der Waals surface area contributed by atoms with Crippen LogP contribution in [0.15, 0.2) is 54.6 Å². The summed E-state index contributed by atoms with van der Waals surface area (Å²) in [7, 11) is 1.58. The van der Waals surface area contributed by atoms with E-state index in [0.717, 1.165) is 16.9 Å². The number of carbonyl (C=O) groups is 2. The summed E-state index contributed by atoms with van der Waals surface area (Å²) in [6.45, 7) is 2.60. The average molecular weight is 441 g/mol. The molecular weight excluding hydrogens is 416 g/mol. The Morgan fingerprint density at radius 2 is 1.81 bits per heavy atom. The average Bonchev–Trinajstić information content (AvgIpc) is 3.27. The summed E-state index contributed by atoms with van der Waals surface area (Å²) in [6.07, 6.45) is 0. The van der Waals surface area contributed by atoms with Crippen molar-refractivity contribution in [1.29, 1.82) is 0 Å². The molecule has 8 nitrogen and oxygen atoms in total. The van der Waals surface area contributed by atoms with E-state index >= 15 is 0 Å². The molecule has 3 rings (SSSR count). The second-order valence-electron chi connectivity index (χ2n) is 6.79. The molecule has 0 spiro atoms. The summed E-state index contributed by atoms with van der Waals surface area (Å²) in [6, 6.07) is 17.0. The summed E-state index contributed by atoms with van der Waals surface area (Å²) >= 11 is 1.12. The predicted octanol–water partition coefficient (Wildman–Crippen LogP) is 3.24. The molecule has 0 radical (unpaired) electrons. The van der Waals surface area contributed by atoms with Gasteiger partial charge in [-0.3, -0.25) is 9.59 Å². The third-order valence-corrected chi connectivity index (χ3v) is 5.34. The Labute approximate surface area is 184 Å². The first-order valence-electron chi connectivity index (χ1n) is 9.72. The molecule has 0 fully saturated rings. The van der Waals surface area contributed by atoms with Gasteiger partial charge in [0.05, 0.1) is 7.11 Å². The Bertz CT molecular complexity index is 992. The van der Waals surface area contributed by atoms with Gasteiger partial charge in [0.15, 0.2) is 0 Å². The van der Waals surface area contributed by atoms with E-state index in [1.807, 2.05) is 30.3 Å². The predicted molar refractivity (Wildman–Crippen MR) is 118 cm³/mol. The Kier molecular flexibility index (Phi) is 8.08. The van der Waals surface area contributed by atoms with E-state index in [-0.39, 0.29) is 36.0 Å². The van der Waals surface area contributed by atoms with E-state index < -0.39 is 0 Å². The monoisotopic (exact) mass is 440 g/mol. The van der Waals surface area contributed by atoms with Gasteiger partial charge in [-0.2, -0.15) is 0 Å². The number of rotatable bonds is 10. The lowest BCUT2D eigenvalue weighted by Crippen LogP contribution is -2.30. The number of nitrogens with one attached hydrogen (secondary N) is 2. The zero-order chi connectivity index (χ0) is 22.1. The second kappa shape index (κ2) is 11.2. The molecule has 1 atom stereocenters. The van der Waals surface area contributed by atoms with Crippen LogP contribution in [0.4, 0.5) is 5.69 Å². The number of methoxy groups -OCH3 is 1. The third kappa shape index (κ3) is 6.87. The minimum Gasteiger partial charge on any atom is -0.497 e. The van der Waals surface area contributed by atoms with Gasteiger partial charge >= 0.3 is 0 Å². The van der Waals surface area contributed by atoms with E-state index in [1.54, 1.807) is 31.4 Å². The van der Waals surface area contributed by atoms with Gasteiger partial charge in [-0.25, -0.2) is 0 Å². The van der Waals surface area contributed by atoms with E-state index in [9.17, 15) is 9.59 Å². The van der Waals surface area contributed by atoms with Crippen molar-refractivity contribution in [1.82, 2.24) is 15.5 Å². The smallest absolute Gasteiger partial charge is 0.286 e. The SMILES string of the molecule is COc1ccc(NC(=O)c2nnc(COCC(=O)NC[C@@H](C)c3ccccc3)s2)cc1. The highest BCUT2D eigenvalue weighted by molar-refractivity contribution is 7.13. The number of amides is 2. The maximum absolute atomic E-state index is 12.3. The van der Waals surface area contributed by atoms with Gasteiger partial charge in [0.1, 0.15) is 24.0 Å². The highest BCUT2D eigenvalue weighted by Gasteiger charge is 2.14. The van der Waals surface area contributed by atoms with Crippen LogP contribution in [0, 0.1) is 0 Å². The number of anilines is 1. The third-order valence-electron chi connectivity index (χ3n) is 4.44. The molecule has 0 bridgehead atoms. The second-order valence-corrected chi connectivity index (χ2v) is 7.85. The van der Waals surface area contributed by atoms with Gasteiger partial charge in [0.2, 0.25) is 10.9 Å². The fourth-order valence-corrected chi connectivity index (χ4v) is 3.38. The van der Waals surface area contributed by atoms with Crippen LogP contribution in [0.3, 0.4) is 0 Å². The molecule has 1 aromatic heterocycles. The Hall–Kier alpha value is -3.30. The molecule has 3 aromatic rings. The Morgan fingerprint density at radius 3 is 2.52 bits per heavy atom. The van der Waals surface area contributed by atoms with Gasteiger partial charge in [-0.05, 0) is 35.7 Å². The Morgan fingerprint density at radius 1 is 1.06 bits per heavy atom. The molecule has 0 aliphatic rings. The molecule has 2 N–H and O–H groups in total. The van der Waals surface area contributed by atoms with Crippen molar-refractivity contribution in [3.8, 4) is 5.75 Å². The molecule has 0 saturated carbocycles. The van der Waals surface area contributed by atoms with Crippen molar-refractivity contribution in [3.63, 3.8) is 0 Å². The fraction of sp³-hybridized carbons (Fsp3) is 0.273. The number of nitrogens with zero attached hydrogens (tertiary/aromatic N) is 2. The van der Waals surface area contributed by atoms with Gasteiger partial charge in [0, 0.05) is 12.2 Å². The van der Waals surface area contributed by atoms with Crippen LogP contribution in [-0.4, -0.2) is 42.3 Å². The first kappa shape index (κ1) is 22.4. The number of ether oxygens (including phenoxy) is 2. The zero-order valence-corrected chi connectivity index (χ0v) is 18.1. The fourth-order valence-electron chi connectivity index (χ4n) is 2.71. The normalized spacial score (nSPS) is 11.5. The molecule has 31 heavy (non-hydrogen) atoms. The maximum atomic E-state index is 12.3. The van der Waals surface area contributed by atoms with Crippen LogP contribution in [0.1, 0.15) is 33.2 Å². The first-order chi connectivity index (χ1) is 15.0. The van der Waals surface area contributed by atoms with Gasteiger partial charge in [0.25, 0.3) is 5.91 Å². The van der Waals surface area contributed by atoms with E-state index in [0.29, 0.717) is 23.0 Å². The number of carbonyl (C=O) groups excluding carboxylic acids is 2. The lowest BCUT2D eigenvalue weighted by atomic mass is 10.0. The van der Waals surface area contributed by atoms with Crippen molar-refractivity contribution in [3.05, 3.63) is 70.2 Å². The van der Waals surface area contributed by atoms with Gasteiger partial charge in [-0.15, -0.1) is 10.2 Å². The number of hydrogen-bond acceptors (Lipinski definition) is 7. The first-order valence-corrected chi connectivity index (χ1v) is 10.5. The minimum atomic E-state index is -0.360. The van der Waals surface area contributed by atoms with Crippen molar-refractivity contribution in [2.75, 3.05) is 25.6 Å². The number of hydrogen-bond donors (Lipinski definition) is 2. The van der Waals surface area contributed by atoms with E-state index in [1.165, 1.54) is 0 Å². The van der Waals surface area contributed by atoms with Crippen molar-refractivity contribution in [2.24, 2.45) is 0 Å². The molecule has 0 aliphatic heterocycles. The zero-order valence-electron chi connectivity index (χ0n) is 17.3. The molecule has 9 heteroatoms. The number of benzene rings is 2. The van der Waals surface area contributed by atoms with Crippen LogP contribution in [0.5, 0.6) is 5.75 Å². The lowest BCUT2D eigenvalue weighted by molar-refractivity contribution is -0.126. The summed E-state index contributed by atoms with van der Waals surface area (Å²) < 4.78 is 10.5. The van der Waals surface area contributed by atoms with Crippen molar-refractivity contribution < 1.29 is 19.1 Å². The minimum absolute atomic E-state index is 0.0888. The van der Waals surface area contributed by atoms with Crippen LogP contribution < -0.4 is 15.4 Å². The quantitative estimate of drug-likeness (QED) is 0.502. The summed E-state index contributed by atoms with van der Waals surface area (Å²) in [4.78, 5) is 24.3. The van der Waals surface area contributed by atoms with Gasteiger partial charge in [-0.1, -0.05) is 48.6 Å². The molecule has 0 saturated heterocycles. The summed E-state index contributed by atoms with van der Waals surface area (Å²) in [5.41, 5.74) is 1.79.